The number of likely N-dealkylation sites (tertiary alicyclic amines) is 1. The summed E-state index contributed by atoms with van der Waals surface area (Å²) in [6, 6.07) is 10.7. The van der Waals surface area contributed by atoms with Gasteiger partial charge in [0.15, 0.2) is 11.6 Å². The fourth-order valence-electron chi connectivity index (χ4n) is 3.98. The number of hydrogen-bond acceptors (Lipinski definition) is 3. The van der Waals surface area contributed by atoms with Crippen LogP contribution in [0.15, 0.2) is 46.9 Å². The first-order valence-electron chi connectivity index (χ1n) is 9.90. The number of halogens is 3. The van der Waals surface area contributed by atoms with Crippen molar-refractivity contribution < 1.29 is 23.1 Å². The molecule has 2 aliphatic heterocycles. The molecule has 0 N–H and O–H groups in total. The SMILES string of the molecule is O=C(C1CCN(c2ccccc2Br)C1=O)N1CCC(Oc2ccc(F)cc2F)CC1. The molecule has 0 bridgehead atoms. The molecule has 0 saturated carbocycles. The Balaban J connectivity index is 1.34. The first-order chi connectivity index (χ1) is 14.4. The van der Waals surface area contributed by atoms with Crippen molar-refractivity contribution in [2.75, 3.05) is 24.5 Å². The zero-order chi connectivity index (χ0) is 21.3. The first-order valence-corrected chi connectivity index (χ1v) is 10.7. The molecule has 5 nitrogen and oxygen atoms in total. The highest BCUT2D eigenvalue weighted by Gasteiger charge is 2.41. The maximum absolute atomic E-state index is 13.8. The van der Waals surface area contributed by atoms with Crippen LogP contribution in [0, 0.1) is 17.6 Å². The number of carbonyl (C=O) groups is 2. The molecule has 2 saturated heterocycles. The van der Waals surface area contributed by atoms with Gasteiger partial charge in [0, 0.05) is 43.0 Å². The number of rotatable bonds is 4. The molecule has 2 aromatic carbocycles. The number of anilines is 1. The topological polar surface area (TPSA) is 49.9 Å². The lowest BCUT2D eigenvalue weighted by Gasteiger charge is -2.33. The van der Waals surface area contributed by atoms with Crippen LogP contribution in [0.3, 0.4) is 0 Å². The molecule has 0 radical (unpaired) electrons. The van der Waals surface area contributed by atoms with Gasteiger partial charge in [-0.3, -0.25) is 9.59 Å². The van der Waals surface area contributed by atoms with Crippen LogP contribution in [0.4, 0.5) is 14.5 Å². The molecule has 0 spiro atoms. The van der Waals surface area contributed by atoms with Gasteiger partial charge in [-0.15, -0.1) is 0 Å². The third-order valence-electron chi connectivity index (χ3n) is 5.59. The highest BCUT2D eigenvalue weighted by molar-refractivity contribution is 9.10. The predicted molar refractivity (Wildman–Crippen MR) is 111 cm³/mol. The maximum atomic E-state index is 13.8. The summed E-state index contributed by atoms with van der Waals surface area (Å²) in [5.41, 5.74) is 0.770. The number of amides is 2. The summed E-state index contributed by atoms with van der Waals surface area (Å²) in [7, 11) is 0. The van der Waals surface area contributed by atoms with Crippen molar-refractivity contribution in [1.29, 1.82) is 0 Å². The van der Waals surface area contributed by atoms with Crippen LogP contribution in [-0.4, -0.2) is 42.5 Å². The standard InChI is InChI=1S/C22H21BrF2N2O3/c23-17-3-1-2-4-19(17)27-12-9-16(22(27)29)21(28)26-10-7-15(8-11-26)30-20-6-5-14(24)13-18(20)25/h1-6,13,15-16H,7-12H2. The van der Waals surface area contributed by atoms with Gasteiger partial charge in [-0.2, -0.15) is 0 Å². The van der Waals surface area contributed by atoms with Gasteiger partial charge in [-0.05, 0) is 46.6 Å². The second kappa shape index (κ2) is 8.71. The van der Waals surface area contributed by atoms with E-state index >= 15 is 0 Å². The van der Waals surface area contributed by atoms with E-state index in [9.17, 15) is 18.4 Å². The van der Waals surface area contributed by atoms with E-state index in [1.165, 1.54) is 6.07 Å². The average molecular weight is 479 g/mol. The summed E-state index contributed by atoms with van der Waals surface area (Å²) >= 11 is 3.46. The van der Waals surface area contributed by atoms with Crippen LogP contribution in [0.5, 0.6) is 5.75 Å². The highest BCUT2D eigenvalue weighted by atomic mass is 79.9. The number of carbonyl (C=O) groups excluding carboxylic acids is 2. The minimum atomic E-state index is -0.739. The summed E-state index contributed by atoms with van der Waals surface area (Å²) < 4.78 is 33.3. The van der Waals surface area contributed by atoms with Gasteiger partial charge in [-0.25, -0.2) is 8.78 Å². The summed E-state index contributed by atoms with van der Waals surface area (Å²) in [6.07, 6.45) is 1.27. The Kier molecular flexibility index (Phi) is 6.04. The number of benzene rings is 2. The molecule has 2 fully saturated rings. The van der Waals surface area contributed by atoms with Gasteiger partial charge in [0.2, 0.25) is 11.8 Å². The van der Waals surface area contributed by atoms with Crippen LogP contribution in [0.1, 0.15) is 19.3 Å². The zero-order valence-electron chi connectivity index (χ0n) is 16.2. The summed E-state index contributed by atoms with van der Waals surface area (Å²) in [4.78, 5) is 29.2. The molecule has 158 valence electrons. The molecular formula is C22H21BrF2N2O3. The number of piperidine rings is 1. The van der Waals surface area contributed by atoms with Crippen molar-refractivity contribution in [3.8, 4) is 5.75 Å². The Hall–Kier alpha value is -2.48. The van der Waals surface area contributed by atoms with E-state index in [0.29, 0.717) is 38.9 Å². The van der Waals surface area contributed by atoms with Crippen molar-refractivity contribution in [2.24, 2.45) is 5.92 Å². The van der Waals surface area contributed by atoms with E-state index in [1.54, 1.807) is 9.80 Å². The van der Waals surface area contributed by atoms with Crippen LogP contribution in [-0.2, 0) is 9.59 Å². The Morgan fingerprint density at radius 1 is 1.03 bits per heavy atom. The first kappa shape index (κ1) is 20.8. The molecule has 2 aromatic rings. The van der Waals surface area contributed by atoms with E-state index in [1.807, 2.05) is 24.3 Å². The zero-order valence-corrected chi connectivity index (χ0v) is 17.8. The Labute approximate surface area is 181 Å². The van der Waals surface area contributed by atoms with E-state index in [-0.39, 0.29) is 23.7 Å². The quantitative estimate of drug-likeness (QED) is 0.620. The molecule has 4 rings (SSSR count). The molecular weight excluding hydrogens is 458 g/mol. The monoisotopic (exact) mass is 478 g/mol. The summed E-state index contributed by atoms with van der Waals surface area (Å²) in [6.45, 7) is 1.37. The van der Waals surface area contributed by atoms with Gasteiger partial charge in [0.25, 0.3) is 0 Å². The number of nitrogens with zero attached hydrogens (tertiary/aromatic N) is 2. The minimum Gasteiger partial charge on any atom is -0.487 e. The third-order valence-corrected chi connectivity index (χ3v) is 6.26. The van der Waals surface area contributed by atoms with Gasteiger partial charge in [-0.1, -0.05) is 12.1 Å². The number of para-hydroxylation sites is 1. The van der Waals surface area contributed by atoms with Gasteiger partial charge in [0.05, 0.1) is 5.69 Å². The lowest BCUT2D eigenvalue weighted by molar-refractivity contribution is -0.141. The van der Waals surface area contributed by atoms with Gasteiger partial charge < -0.3 is 14.5 Å². The fraction of sp³-hybridized carbons (Fsp3) is 0.364. The fourth-order valence-corrected chi connectivity index (χ4v) is 4.48. The largest absolute Gasteiger partial charge is 0.487 e. The predicted octanol–water partition coefficient (Wildman–Crippen LogP) is 4.15. The highest BCUT2D eigenvalue weighted by Crippen LogP contribution is 2.32. The minimum absolute atomic E-state index is 0.0104. The van der Waals surface area contributed by atoms with Crippen LogP contribution >= 0.6 is 15.9 Å². The van der Waals surface area contributed by atoms with E-state index < -0.39 is 17.6 Å². The molecule has 1 atom stereocenters. The number of ether oxygens (including phenoxy) is 1. The normalized spacial score (nSPS) is 20.0. The maximum Gasteiger partial charge on any atom is 0.239 e. The Bertz CT molecular complexity index is 963. The average Bonchev–Trinajstić information content (AvgIpc) is 3.11. The van der Waals surface area contributed by atoms with Crippen molar-refractivity contribution in [3.05, 3.63) is 58.6 Å². The number of hydrogen-bond donors (Lipinski definition) is 0. The summed E-state index contributed by atoms with van der Waals surface area (Å²) in [5, 5.41) is 0. The van der Waals surface area contributed by atoms with E-state index in [0.717, 1.165) is 22.3 Å². The van der Waals surface area contributed by atoms with Crippen molar-refractivity contribution in [1.82, 2.24) is 4.90 Å². The molecule has 2 aliphatic rings. The van der Waals surface area contributed by atoms with E-state index in [4.69, 9.17) is 4.74 Å². The second-order valence-corrected chi connectivity index (χ2v) is 8.35. The van der Waals surface area contributed by atoms with Gasteiger partial charge >= 0.3 is 0 Å². The van der Waals surface area contributed by atoms with Crippen molar-refractivity contribution in [2.45, 2.75) is 25.4 Å². The molecule has 30 heavy (non-hydrogen) atoms. The second-order valence-electron chi connectivity index (χ2n) is 7.50. The smallest absolute Gasteiger partial charge is 0.239 e. The Morgan fingerprint density at radius 2 is 1.77 bits per heavy atom. The lowest BCUT2D eigenvalue weighted by atomic mass is 10.0. The molecule has 0 aliphatic carbocycles. The lowest BCUT2D eigenvalue weighted by Crippen LogP contribution is -2.46. The van der Waals surface area contributed by atoms with Crippen molar-refractivity contribution in [3.63, 3.8) is 0 Å². The molecule has 2 heterocycles. The van der Waals surface area contributed by atoms with Gasteiger partial charge in [0.1, 0.15) is 17.8 Å². The van der Waals surface area contributed by atoms with Crippen LogP contribution in [0.2, 0.25) is 0 Å². The van der Waals surface area contributed by atoms with E-state index in [2.05, 4.69) is 15.9 Å². The Morgan fingerprint density at radius 3 is 2.47 bits per heavy atom. The van der Waals surface area contributed by atoms with Crippen LogP contribution < -0.4 is 9.64 Å². The molecule has 1 unspecified atom stereocenters. The summed E-state index contributed by atoms with van der Waals surface area (Å²) in [5.74, 6) is -2.41. The van der Waals surface area contributed by atoms with Crippen molar-refractivity contribution >= 4 is 33.4 Å². The molecule has 8 heteroatoms. The molecule has 0 aromatic heterocycles. The van der Waals surface area contributed by atoms with Crippen LogP contribution in [0.25, 0.3) is 0 Å². The molecule has 2 amide bonds. The third kappa shape index (κ3) is 4.19.